The molecule has 0 atom stereocenters. The fourth-order valence-electron chi connectivity index (χ4n) is 1.74. The number of nitrogens with two attached hydrogens (primary N) is 1. The number of hydrogen-bond donors (Lipinski definition) is 1. The van der Waals surface area contributed by atoms with Crippen LogP contribution in [0, 0.1) is 5.82 Å². The van der Waals surface area contributed by atoms with Crippen LogP contribution in [0.25, 0.3) is 0 Å². The molecule has 0 bridgehead atoms. The van der Waals surface area contributed by atoms with E-state index in [2.05, 4.69) is 4.98 Å². The van der Waals surface area contributed by atoms with Gasteiger partial charge in [-0.05, 0) is 35.9 Å². The van der Waals surface area contributed by atoms with E-state index in [-0.39, 0.29) is 11.6 Å². The Morgan fingerprint density at radius 3 is 2.80 bits per heavy atom. The summed E-state index contributed by atoms with van der Waals surface area (Å²) in [6, 6.07) is 7.62. The van der Waals surface area contributed by atoms with Gasteiger partial charge in [0.25, 0.3) is 5.91 Å². The van der Waals surface area contributed by atoms with Crippen LogP contribution in [0.1, 0.15) is 16.1 Å². The first-order valence-corrected chi connectivity index (χ1v) is 6.26. The SMILES string of the molecule is CN(Cc1cc(N)ccc1Cl)C(=O)c1ccc(F)cn1. The molecule has 2 N–H and O–H groups in total. The Morgan fingerprint density at radius 2 is 2.15 bits per heavy atom. The molecule has 0 aliphatic rings. The lowest BCUT2D eigenvalue weighted by Crippen LogP contribution is -2.27. The van der Waals surface area contributed by atoms with Crippen LogP contribution in [0.4, 0.5) is 10.1 Å². The minimum absolute atomic E-state index is 0.175. The molecule has 104 valence electrons. The summed E-state index contributed by atoms with van der Waals surface area (Å²) >= 11 is 6.05. The first-order valence-electron chi connectivity index (χ1n) is 5.88. The van der Waals surface area contributed by atoms with Gasteiger partial charge in [-0.15, -0.1) is 0 Å². The molecule has 0 saturated heterocycles. The molecular formula is C14H13ClFN3O. The molecule has 1 aromatic carbocycles. The Morgan fingerprint density at radius 1 is 1.40 bits per heavy atom. The van der Waals surface area contributed by atoms with Crippen LogP contribution in [-0.4, -0.2) is 22.8 Å². The molecule has 1 heterocycles. The predicted octanol–water partition coefficient (Wildman–Crippen LogP) is 2.73. The summed E-state index contributed by atoms with van der Waals surface area (Å²) in [7, 11) is 1.62. The normalized spacial score (nSPS) is 10.3. The van der Waals surface area contributed by atoms with Crippen molar-refractivity contribution in [3.63, 3.8) is 0 Å². The van der Waals surface area contributed by atoms with Crippen molar-refractivity contribution in [2.45, 2.75) is 6.54 Å². The highest BCUT2D eigenvalue weighted by Crippen LogP contribution is 2.20. The molecular weight excluding hydrogens is 281 g/mol. The molecule has 0 unspecified atom stereocenters. The van der Waals surface area contributed by atoms with Crippen molar-refractivity contribution < 1.29 is 9.18 Å². The minimum Gasteiger partial charge on any atom is -0.399 e. The summed E-state index contributed by atoms with van der Waals surface area (Å²) in [6.07, 6.45) is 1.01. The van der Waals surface area contributed by atoms with Gasteiger partial charge in [0.05, 0.1) is 6.20 Å². The van der Waals surface area contributed by atoms with Gasteiger partial charge in [0, 0.05) is 24.3 Å². The summed E-state index contributed by atoms with van der Waals surface area (Å²) in [5, 5.41) is 0.533. The maximum atomic E-state index is 12.8. The third kappa shape index (κ3) is 3.24. The quantitative estimate of drug-likeness (QED) is 0.885. The van der Waals surface area contributed by atoms with E-state index in [1.165, 1.54) is 17.0 Å². The number of amides is 1. The number of carbonyl (C=O) groups is 1. The number of anilines is 1. The van der Waals surface area contributed by atoms with Gasteiger partial charge >= 0.3 is 0 Å². The van der Waals surface area contributed by atoms with Gasteiger partial charge in [-0.2, -0.15) is 0 Å². The monoisotopic (exact) mass is 293 g/mol. The summed E-state index contributed by atoms with van der Waals surface area (Å²) in [4.78, 5) is 17.3. The van der Waals surface area contributed by atoms with Crippen molar-refractivity contribution in [3.8, 4) is 0 Å². The second kappa shape index (κ2) is 5.88. The molecule has 0 aliphatic heterocycles. The maximum absolute atomic E-state index is 12.8. The molecule has 1 amide bonds. The highest BCUT2D eigenvalue weighted by atomic mass is 35.5. The van der Waals surface area contributed by atoms with E-state index >= 15 is 0 Å². The maximum Gasteiger partial charge on any atom is 0.272 e. The standard InChI is InChI=1S/C14H13ClFN3O/c1-19(8-9-6-11(17)3-4-12(9)15)14(20)13-5-2-10(16)7-18-13/h2-7H,8,17H2,1H3. The van der Waals surface area contributed by atoms with Crippen LogP contribution in [0.2, 0.25) is 5.02 Å². The summed E-state index contributed by atoms with van der Waals surface area (Å²) in [5.74, 6) is -0.799. The molecule has 20 heavy (non-hydrogen) atoms. The van der Waals surface area contributed by atoms with Gasteiger partial charge in [0.1, 0.15) is 11.5 Å². The smallest absolute Gasteiger partial charge is 0.272 e. The van der Waals surface area contributed by atoms with Crippen LogP contribution < -0.4 is 5.73 Å². The first kappa shape index (κ1) is 14.3. The van der Waals surface area contributed by atoms with Crippen molar-refractivity contribution in [1.82, 2.24) is 9.88 Å². The van der Waals surface area contributed by atoms with E-state index in [9.17, 15) is 9.18 Å². The van der Waals surface area contributed by atoms with E-state index < -0.39 is 5.82 Å². The lowest BCUT2D eigenvalue weighted by Gasteiger charge is -2.17. The van der Waals surface area contributed by atoms with Crippen LogP contribution in [0.3, 0.4) is 0 Å². The highest BCUT2D eigenvalue weighted by Gasteiger charge is 2.14. The topological polar surface area (TPSA) is 59.2 Å². The minimum atomic E-state index is -0.483. The molecule has 0 spiro atoms. The number of nitrogens with zero attached hydrogens (tertiary/aromatic N) is 2. The Hall–Kier alpha value is -2.14. The van der Waals surface area contributed by atoms with E-state index in [4.69, 9.17) is 17.3 Å². The third-order valence-electron chi connectivity index (χ3n) is 2.77. The molecule has 0 fully saturated rings. The molecule has 0 aliphatic carbocycles. The number of halogens is 2. The lowest BCUT2D eigenvalue weighted by atomic mass is 10.2. The Balaban J connectivity index is 2.15. The summed E-state index contributed by atoms with van der Waals surface area (Å²) in [5.41, 5.74) is 7.18. The lowest BCUT2D eigenvalue weighted by molar-refractivity contribution is 0.0779. The third-order valence-corrected chi connectivity index (χ3v) is 3.14. The highest BCUT2D eigenvalue weighted by molar-refractivity contribution is 6.31. The Kier molecular flexibility index (Phi) is 4.20. The van der Waals surface area contributed by atoms with Crippen molar-refractivity contribution in [2.75, 3.05) is 12.8 Å². The Labute approximate surface area is 121 Å². The van der Waals surface area contributed by atoms with Gasteiger partial charge in [0.2, 0.25) is 0 Å². The van der Waals surface area contributed by atoms with E-state index in [0.29, 0.717) is 17.3 Å². The molecule has 2 rings (SSSR count). The zero-order chi connectivity index (χ0) is 14.7. The van der Waals surface area contributed by atoms with E-state index in [0.717, 1.165) is 11.8 Å². The number of pyridine rings is 1. The van der Waals surface area contributed by atoms with Crippen molar-refractivity contribution >= 4 is 23.2 Å². The number of nitrogen functional groups attached to an aromatic ring is 1. The largest absolute Gasteiger partial charge is 0.399 e. The Bertz CT molecular complexity index is 631. The number of hydrogen-bond acceptors (Lipinski definition) is 3. The van der Waals surface area contributed by atoms with Crippen LogP contribution in [0.15, 0.2) is 36.5 Å². The second-order valence-corrected chi connectivity index (χ2v) is 4.78. The average molecular weight is 294 g/mol. The van der Waals surface area contributed by atoms with Crippen molar-refractivity contribution in [3.05, 3.63) is 58.6 Å². The van der Waals surface area contributed by atoms with Crippen molar-refractivity contribution in [1.29, 1.82) is 0 Å². The van der Waals surface area contributed by atoms with Gasteiger partial charge < -0.3 is 10.6 Å². The summed E-state index contributed by atoms with van der Waals surface area (Å²) in [6.45, 7) is 0.293. The molecule has 6 heteroatoms. The van der Waals surface area contributed by atoms with Crippen molar-refractivity contribution in [2.24, 2.45) is 0 Å². The van der Waals surface area contributed by atoms with Crippen LogP contribution in [-0.2, 0) is 6.54 Å². The van der Waals surface area contributed by atoms with E-state index in [1.54, 1.807) is 25.2 Å². The zero-order valence-corrected chi connectivity index (χ0v) is 11.6. The van der Waals surface area contributed by atoms with Gasteiger partial charge in [-0.25, -0.2) is 9.37 Å². The second-order valence-electron chi connectivity index (χ2n) is 4.37. The first-order chi connectivity index (χ1) is 9.47. The van der Waals surface area contributed by atoms with E-state index in [1.807, 2.05) is 0 Å². The zero-order valence-electron chi connectivity index (χ0n) is 10.8. The molecule has 0 radical (unpaired) electrons. The molecule has 2 aromatic rings. The van der Waals surface area contributed by atoms with Gasteiger partial charge in [0.15, 0.2) is 0 Å². The number of benzene rings is 1. The molecule has 1 aromatic heterocycles. The van der Waals surface area contributed by atoms with Gasteiger partial charge in [-0.1, -0.05) is 11.6 Å². The fraction of sp³-hybridized carbons (Fsp3) is 0.143. The summed E-state index contributed by atoms with van der Waals surface area (Å²) < 4.78 is 12.8. The fourth-order valence-corrected chi connectivity index (χ4v) is 1.92. The predicted molar refractivity (Wildman–Crippen MR) is 75.9 cm³/mol. The molecule has 0 saturated carbocycles. The van der Waals surface area contributed by atoms with Crippen LogP contribution in [0.5, 0.6) is 0 Å². The number of aromatic nitrogens is 1. The number of rotatable bonds is 3. The molecule has 4 nitrogen and oxygen atoms in total. The number of carbonyl (C=O) groups excluding carboxylic acids is 1. The average Bonchev–Trinajstić information content (AvgIpc) is 2.43. The van der Waals surface area contributed by atoms with Gasteiger partial charge in [-0.3, -0.25) is 4.79 Å². The van der Waals surface area contributed by atoms with Crippen LogP contribution >= 0.6 is 11.6 Å².